The summed E-state index contributed by atoms with van der Waals surface area (Å²) in [5.74, 6) is 0.690. The molecule has 7 rings (SSSR count). The molecule has 0 saturated heterocycles. The molecular formula is C33H24FN3S. The van der Waals surface area contributed by atoms with Crippen LogP contribution in [-0.2, 0) is 0 Å². The number of rotatable bonds is 3. The third-order valence-electron chi connectivity index (χ3n) is 7.20. The molecule has 3 aromatic heterocycles. The fourth-order valence-electron chi connectivity index (χ4n) is 5.50. The van der Waals surface area contributed by atoms with Gasteiger partial charge in [-0.2, -0.15) is 0 Å². The van der Waals surface area contributed by atoms with Crippen molar-refractivity contribution in [2.75, 3.05) is 0 Å². The van der Waals surface area contributed by atoms with Gasteiger partial charge in [-0.05, 0) is 97.6 Å². The van der Waals surface area contributed by atoms with Crippen molar-refractivity contribution in [2.24, 2.45) is 0 Å². The second-order valence-corrected chi connectivity index (χ2v) is 10.8. The van der Waals surface area contributed by atoms with Gasteiger partial charge in [0.25, 0.3) is 0 Å². The first-order chi connectivity index (χ1) is 18.5. The van der Waals surface area contributed by atoms with Crippen LogP contribution in [0.15, 0.2) is 91.0 Å². The monoisotopic (exact) mass is 513 g/mol. The Bertz CT molecular complexity index is 1990. The maximum absolute atomic E-state index is 13.6. The van der Waals surface area contributed by atoms with E-state index in [-0.39, 0.29) is 5.82 Å². The molecule has 0 aliphatic rings. The maximum atomic E-state index is 13.6. The second kappa shape index (κ2) is 8.61. The summed E-state index contributed by atoms with van der Waals surface area (Å²) in [4.78, 5) is 11.0. The number of thiophene rings is 1. The van der Waals surface area contributed by atoms with Crippen molar-refractivity contribution in [3.05, 3.63) is 114 Å². The molecule has 0 radical (unpaired) electrons. The molecule has 0 spiro atoms. The third kappa shape index (κ3) is 3.54. The Balaban J connectivity index is 1.51. The predicted octanol–water partition coefficient (Wildman–Crippen LogP) is 9.19. The summed E-state index contributed by atoms with van der Waals surface area (Å²) in [6.45, 7) is 6.31. The van der Waals surface area contributed by atoms with E-state index >= 15 is 0 Å². The van der Waals surface area contributed by atoms with E-state index in [0.717, 1.165) is 60.9 Å². The quantitative estimate of drug-likeness (QED) is 0.236. The average Bonchev–Trinajstić information content (AvgIpc) is 3.47. The smallest absolute Gasteiger partial charge is 0.147 e. The van der Waals surface area contributed by atoms with Crippen LogP contribution in [0.4, 0.5) is 4.39 Å². The van der Waals surface area contributed by atoms with E-state index in [1.165, 1.54) is 27.6 Å². The van der Waals surface area contributed by atoms with Gasteiger partial charge in [0.15, 0.2) is 0 Å². The van der Waals surface area contributed by atoms with Crippen LogP contribution >= 0.6 is 11.3 Å². The zero-order valence-electron chi connectivity index (χ0n) is 21.3. The number of imidazole rings is 1. The minimum absolute atomic E-state index is 0.228. The minimum atomic E-state index is -0.228. The Hall–Kier alpha value is -4.35. The zero-order chi connectivity index (χ0) is 26.0. The molecule has 0 aliphatic carbocycles. The van der Waals surface area contributed by atoms with Crippen LogP contribution in [0, 0.1) is 26.6 Å². The molecule has 3 nitrogen and oxygen atoms in total. The van der Waals surface area contributed by atoms with Crippen LogP contribution in [-0.4, -0.2) is 14.5 Å². The average molecular weight is 514 g/mol. The lowest BCUT2D eigenvalue weighted by atomic mass is 9.98. The highest BCUT2D eigenvalue weighted by Crippen LogP contribution is 2.41. The van der Waals surface area contributed by atoms with Crippen LogP contribution in [0.1, 0.15) is 16.8 Å². The van der Waals surface area contributed by atoms with Crippen LogP contribution in [0.3, 0.4) is 0 Å². The Kier molecular flexibility index (Phi) is 5.17. The predicted molar refractivity (Wildman–Crippen MR) is 157 cm³/mol. The first-order valence-electron chi connectivity index (χ1n) is 12.6. The van der Waals surface area contributed by atoms with Gasteiger partial charge in [0, 0.05) is 26.7 Å². The lowest BCUT2D eigenvalue weighted by molar-refractivity contribution is 0.628. The Morgan fingerprint density at radius 3 is 2.26 bits per heavy atom. The molecule has 0 atom stereocenters. The van der Waals surface area contributed by atoms with Crippen molar-refractivity contribution in [3.8, 4) is 28.2 Å². The van der Waals surface area contributed by atoms with Crippen LogP contribution < -0.4 is 0 Å². The van der Waals surface area contributed by atoms with Crippen molar-refractivity contribution in [1.29, 1.82) is 0 Å². The number of aromatic nitrogens is 3. The molecule has 0 amide bonds. The first-order valence-corrected chi connectivity index (χ1v) is 13.4. The lowest BCUT2D eigenvalue weighted by Crippen LogP contribution is -2.03. The molecule has 0 aliphatic heterocycles. The van der Waals surface area contributed by atoms with Gasteiger partial charge < -0.3 is 0 Å². The van der Waals surface area contributed by atoms with Crippen LogP contribution in [0.2, 0.25) is 0 Å². The summed E-state index contributed by atoms with van der Waals surface area (Å²) < 4.78 is 17.0. The molecule has 4 aromatic carbocycles. The topological polar surface area (TPSA) is 30.7 Å². The largest absolute Gasteiger partial charge is 0.292 e. The number of nitrogens with zero attached hydrogens (tertiary/aromatic N) is 3. The highest BCUT2D eigenvalue weighted by atomic mass is 32.1. The van der Waals surface area contributed by atoms with E-state index in [1.807, 2.05) is 25.1 Å². The molecule has 38 heavy (non-hydrogen) atoms. The standard InChI is InChI=1S/C33H24FN3S/c1-19-17-23(22-12-14-24(34)15-13-22)18-20(2)30(19)37-29-10-5-4-9-28(29)36-32(37)27-8-6-7-25-26-16-11-21(3)35-33(26)38-31(25)27/h4-18H,1-3H3. The van der Waals surface area contributed by atoms with Crippen LogP contribution in [0.5, 0.6) is 0 Å². The molecule has 0 saturated carbocycles. The SMILES string of the molecule is Cc1ccc2c(n1)sc1c(-c3nc4ccccc4n3-c3c(C)cc(-c4ccc(F)cc4)cc3C)cccc12. The van der Waals surface area contributed by atoms with Gasteiger partial charge in [0.1, 0.15) is 16.5 Å². The summed E-state index contributed by atoms with van der Waals surface area (Å²) >= 11 is 1.73. The first kappa shape index (κ1) is 22.8. The summed E-state index contributed by atoms with van der Waals surface area (Å²) in [5.41, 5.74) is 9.59. The van der Waals surface area contributed by atoms with Gasteiger partial charge in [0.2, 0.25) is 0 Å². The second-order valence-electron chi connectivity index (χ2n) is 9.81. The highest BCUT2D eigenvalue weighted by Gasteiger charge is 2.21. The van der Waals surface area contributed by atoms with E-state index in [4.69, 9.17) is 9.97 Å². The fourth-order valence-corrected chi connectivity index (χ4v) is 6.73. The molecule has 7 aromatic rings. The number of aryl methyl sites for hydroxylation is 3. The van der Waals surface area contributed by atoms with Crippen molar-refractivity contribution in [2.45, 2.75) is 20.8 Å². The van der Waals surface area contributed by atoms with Crippen molar-refractivity contribution >= 4 is 42.7 Å². The number of hydrogen-bond donors (Lipinski definition) is 0. The number of halogens is 1. The van der Waals surface area contributed by atoms with Gasteiger partial charge in [-0.25, -0.2) is 14.4 Å². The molecule has 0 unspecified atom stereocenters. The fraction of sp³-hybridized carbons (Fsp3) is 0.0909. The van der Waals surface area contributed by atoms with Crippen molar-refractivity contribution in [3.63, 3.8) is 0 Å². The molecular weight excluding hydrogens is 489 g/mol. The molecule has 0 bridgehead atoms. The van der Waals surface area contributed by atoms with Crippen molar-refractivity contribution in [1.82, 2.24) is 14.5 Å². The Labute approximate surface area is 223 Å². The summed E-state index contributed by atoms with van der Waals surface area (Å²) in [5, 5.41) is 2.38. The summed E-state index contributed by atoms with van der Waals surface area (Å²) in [7, 11) is 0. The van der Waals surface area contributed by atoms with E-state index in [0.29, 0.717) is 0 Å². The number of benzene rings is 4. The molecule has 0 fully saturated rings. The molecule has 3 heterocycles. The molecule has 5 heteroatoms. The molecule has 0 N–H and O–H groups in total. The van der Waals surface area contributed by atoms with E-state index < -0.39 is 0 Å². The summed E-state index contributed by atoms with van der Waals surface area (Å²) in [6, 6.07) is 30.1. The number of pyridine rings is 1. The minimum Gasteiger partial charge on any atom is -0.292 e. The maximum Gasteiger partial charge on any atom is 0.147 e. The van der Waals surface area contributed by atoms with E-state index in [2.05, 4.69) is 79.1 Å². The van der Waals surface area contributed by atoms with Crippen LogP contribution in [0.25, 0.3) is 59.5 Å². The van der Waals surface area contributed by atoms with Gasteiger partial charge >= 0.3 is 0 Å². The lowest BCUT2D eigenvalue weighted by Gasteiger charge is -2.17. The number of fused-ring (bicyclic) bond motifs is 4. The Morgan fingerprint density at radius 2 is 1.47 bits per heavy atom. The van der Waals surface area contributed by atoms with E-state index in [1.54, 1.807) is 11.3 Å². The van der Waals surface area contributed by atoms with Gasteiger partial charge in [-0.3, -0.25) is 4.57 Å². The highest BCUT2D eigenvalue weighted by molar-refractivity contribution is 7.26. The van der Waals surface area contributed by atoms with Crippen molar-refractivity contribution < 1.29 is 4.39 Å². The van der Waals surface area contributed by atoms with Gasteiger partial charge in [-0.15, -0.1) is 11.3 Å². The van der Waals surface area contributed by atoms with Gasteiger partial charge in [0.05, 0.1) is 16.7 Å². The van der Waals surface area contributed by atoms with E-state index in [9.17, 15) is 4.39 Å². The summed E-state index contributed by atoms with van der Waals surface area (Å²) in [6.07, 6.45) is 0. The third-order valence-corrected chi connectivity index (χ3v) is 8.35. The number of hydrogen-bond acceptors (Lipinski definition) is 3. The number of para-hydroxylation sites is 2. The van der Waals surface area contributed by atoms with Gasteiger partial charge in [-0.1, -0.05) is 36.4 Å². The zero-order valence-corrected chi connectivity index (χ0v) is 22.1. The normalized spacial score (nSPS) is 11.7. The Morgan fingerprint density at radius 1 is 0.711 bits per heavy atom. The molecule has 184 valence electrons.